The summed E-state index contributed by atoms with van der Waals surface area (Å²) in [6, 6.07) is 10.2. The van der Waals surface area contributed by atoms with Gasteiger partial charge < -0.3 is 4.74 Å². The number of hydrogen-bond acceptors (Lipinski definition) is 2. The molecule has 0 unspecified atom stereocenters. The van der Waals surface area contributed by atoms with Crippen LogP contribution in [0.4, 0.5) is 0 Å². The minimum absolute atomic E-state index is 0.822. The van der Waals surface area contributed by atoms with Crippen LogP contribution >= 0.6 is 0 Å². The Hall–Kier alpha value is -1.57. The summed E-state index contributed by atoms with van der Waals surface area (Å²) in [5, 5.41) is 1.15. The molecular formula is C22H33NO. The first kappa shape index (κ1) is 18.8. The number of fused-ring (bicyclic) bond motifs is 1. The molecule has 24 heavy (non-hydrogen) atoms. The molecule has 2 rings (SSSR count). The average molecular weight is 328 g/mol. The second-order valence-electron chi connectivity index (χ2n) is 6.74. The van der Waals surface area contributed by atoms with Gasteiger partial charge in [-0.2, -0.15) is 0 Å². The summed E-state index contributed by atoms with van der Waals surface area (Å²) in [7, 11) is 0. The zero-order chi connectivity index (χ0) is 16.9. The van der Waals surface area contributed by atoms with Crippen molar-refractivity contribution in [3.05, 3.63) is 36.5 Å². The van der Waals surface area contributed by atoms with Gasteiger partial charge in [-0.3, -0.25) is 4.98 Å². The molecule has 0 atom stereocenters. The van der Waals surface area contributed by atoms with Gasteiger partial charge in [0.2, 0.25) is 0 Å². The van der Waals surface area contributed by atoms with Crippen molar-refractivity contribution in [3.63, 3.8) is 0 Å². The van der Waals surface area contributed by atoms with Crippen molar-refractivity contribution in [2.75, 3.05) is 6.61 Å². The fourth-order valence-electron chi connectivity index (χ4n) is 3.10. The van der Waals surface area contributed by atoms with E-state index in [4.69, 9.17) is 4.74 Å². The molecular weight excluding hydrogens is 294 g/mol. The number of nitrogens with zero attached hydrogens (tertiary/aromatic N) is 1. The maximum Gasteiger partial charge on any atom is 0.120 e. The van der Waals surface area contributed by atoms with E-state index in [1.807, 2.05) is 24.4 Å². The van der Waals surface area contributed by atoms with Crippen LogP contribution in [0.2, 0.25) is 0 Å². The largest absolute Gasteiger partial charge is 0.494 e. The van der Waals surface area contributed by atoms with Crippen LogP contribution in [0, 0.1) is 0 Å². The highest BCUT2D eigenvalue weighted by molar-refractivity contribution is 5.79. The predicted molar refractivity (Wildman–Crippen MR) is 104 cm³/mol. The standard InChI is InChI=1S/C22H33NO/c1-2-3-4-5-6-7-8-9-10-11-12-18-24-21-15-16-22-20(19-21)14-13-17-23-22/h13-17,19H,2-12,18H2,1H3. The van der Waals surface area contributed by atoms with Gasteiger partial charge in [0.1, 0.15) is 5.75 Å². The molecule has 0 bridgehead atoms. The lowest BCUT2D eigenvalue weighted by Crippen LogP contribution is -1.97. The summed E-state index contributed by atoms with van der Waals surface area (Å²) in [6.07, 6.45) is 16.9. The SMILES string of the molecule is CCCCCCCCCCCCCOc1ccc2ncccc2c1. The zero-order valence-electron chi connectivity index (χ0n) is 15.3. The van der Waals surface area contributed by atoms with Crippen LogP contribution in [0.15, 0.2) is 36.5 Å². The Morgan fingerprint density at radius 3 is 2.17 bits per heavy atom. The Balaban J connectivity index is 1.46. The van der Waals surface area contributed by atoms with Crippen LogP contribution in [0.1, 0.15) is 77.6 Å². The molecule has 0 saturated carbocycles. The van der Waals surface area contributed by atoms with E-state index in [0.717, 1.165) is 29.7 Å². The van der Waals surface area contributed by atoms with Crippen molar-refractivity contribution in [3.8, 4) is 5.75 Å². The van der Waals surface area contributed by atoms with Crippen molar-refractivity contribution in [2.24, 2.45) is 0 Å². The third-order valence-corrected chi connectivity index (χ3v) is 4.59. The van der Waals surface area contributed by atoms with Crippen LogP contribution in [0.5, 0.6) is 5.75 Å². The first-order chi connectivity index (χ1) is 11.9. The number of benzene rings is 1. The number of ether oxygens (including phenoxy) is 1. The molecule has 0 spiro atoms. The Morgan fingerprint density at radius 1 is 0.792 bits per heavy atom. The number of unbranched alkanes of at least 4 members (excludes halogenated alkanes) is 10. The zero-order valence-corrected chi connectivity index (χ0v) is 15.3. The van der Waals surface area contributed by atoms with Crippen LogP contribution in [-0.4, -0.2) is 11.6 Å². The second-order valence-corrected chi connectivity index (χ2v) is 6.74. The summed E-state index contributed by atoms with van der Waals surface area (Å²) in [5.41, 5.74) is 1.03. The van der Waals surface area contributed by atoms with Crippen molar-refractivity contribution >= 4 is 10.9 Å². The van der Waals surface area contributed by atoms with Gasteiger partial charge in [0.25, 0.3) is 0 Å². The Kier molecular flexibility index (Phi) is 9.29. The highest BCUT2D eigenvalue weighted by atomic mass is 16.5. The average Bonchev–Trinajstić information content (AvgIpc) is 2.62. The molecule has 0 aliphatic rings. The van der Waals surface area contributed by atoms with E-state index < -0.39 is 0 Å². The van der Waals surface area contributed by atoms with E-state index in [-0.39, 0.29) is 0 Å². The van der Waals surface area contributed by atoms with E-state index in [2.05, 4.69) is 24.0 Å². The second kappa shape index (κ2) is 11.9. The van der Waals surface area contributed by atoms with Gasteiger partial charge in [-0.25, -0.2) is 0 Å². The lowest BCUT2D eigenvalue weighted by atomic mass is 10.1. The molecule has 0 aliphatic carbocycles. The van der Waals surface area contributed by atoms with Gasteiger partial charge in [0.05, 0.1) is 12.1 Å². The molecule has 2 heteroatoms. The predicted octanol–water partition coefficient (Wildman–Crippen LogP) is 6.92. The molecule has 2 nitrogen and oxygen atoms in total. The van der Waals surface area contributed by atoms with Gasteiger partial charge in [0.15, 0.2) is 0 Å². The summed E-state index contributed by atoms with van der Waals surface area (Å²) < 4.78 is 5.87. The third kappa shape index (κ3) is 7.33. The topological polar surface area (TPSA) is 22.1 Å². The molecule has 0 amide bonds. The smallest absolute Gasteiger partial charge is 0.120 e. The van der Waals surface area contributed by atoms with Crippen molar-refractivity contribution in [1.29, 1.82) is 0 Å². The molecule has 0 radical (unpaired) electrons. The molecule has 1 aromatic carbocycles. The molecule has 0 saturated heterocycles. The molecule has 2 aromatic rings. The minimum atomic E-state index is 0.822. The van der Waals surface area contributed by atoms with E-state index in [1.54, 1.807) is 0 Å². The minimum Gasteiger partial charge on any atom is -0.494 e. The van der Waals surface area contributed by atoms with E-state index >= 15 is 0 Å². The van der Waals surface area contributed by atoms with Crippen LogP contribution < -0.4 is 4.74 Å². The highest BCUT2D eigenvalue weighted by Crippen LogP contribution is 2.19. The number of hydrogen-bond donors (Lipinski definition) is 0. The van der Waals surface area contributed by atoms with E-state index in [9.17, 15) is 0 Å². The number of rotatable bonds is 13. The fourth-order valence-corrected chi connectivity index (χ4v) is 3.10. The maximum atomic E-state index is 5.87. The lowest BCUT2D eigenvalue weighted by Gasteiger charge is -2.07. The van der Waals surface area contributed by atoms with Crippen molar-refractivity contribution in [1.82, 2.24) is 4.98 Å². The van der Waals surface area contributed by atoms with Crippen LogP contribution in [0.3, 0.4) is 0 Å². The normalized spacial score (nSPS) is 11.0. The van der Waals surface area contributed by atoms with E-state index in [1.165, 1.54) is 64.2 Å². The highest BCUT2D eigenvalue weighted by Gasteiger charge is 1.98. The monoisotopic (exact) mass is 327 g/mol. The van der Waals surface area contributed by atoms with Gasteiger partial charge >= 0.3 is 0 Å². The van der Waals surface area contributed by atoms with Crippen molar-refractivity contribution in [2.45, 2.75) is 77.6 Å². The maximum absolute atomic E-state index is 5.87. The summed E-state index contributed by atoms with van der Waals surface area (Å²) in [5.74, 6) is 0.961. The summed E-state index contributed by atoms with van der Waals surface area (Å²) in [4.78, 5) is 4.33. The van der Waals surface area contributed by atoms with Crippen molar-refractivity contribution < 1.29 is 4.74 Å². The van der Waals surface area contributed by atoms with Gasteiger partial charge in [-0.15, -0.1) is 0 Å². The van der Waals surface area contributed by atoms with Crippen LogP contribution in [-0.2, 0) is 0 Å². The molecule has 1 heterocycles. The fraction of sp³-hybridized carbons (Fsp3) is 0.591. The third-order valence-electron chi connectivity index (χ3n) is 4.59. The first-order valence-electron chi connectivity index (χ1n) is 9.88. The lowest BCUT2D eigenvalue weighted by molar-refractivity contribution is 0.304. The number of pyridine rings is 1. The summed E-state index contributed by atoms with van der Waals surface area (Å²) in [6.45, 7) is 3.10. The van der Waals surface area contributed by atoms with Gasteiger partial charge in [0, 0.05) is 11.6 Å². The Labute approximate surface area is 147 Å². The molecule has 0 aliphatic heterocycles. The van der Waals surface area contributed by atoms with Gasteiger partial charge in [-0.05, 0) is 30.7 Å². The molecule has 0 fully saturated rings. The molecule has 1 aromatic heterocycles. The molecule has 132 valence electrons. The quantitative estimate of drug-likeness (QED) is 0.372. The number of aromatic nitrogens is 1. The first-order valence-corrected chi connectivity index (χ1v) is 9.88. The Morgan fingerprint density at radius 2 is 1.46 bits per heavy atom. The summed E-state index contributed by atoms with van der Waals surface area (Å²) >= 11 is 0. The Bertz CT molecular complexity index is 567. The van der Waals surface area contributed by atoms with Crippen LogP contribution in [0.25, 0.3) is 10.9 Å². The molecule has 0 N–H and O–H groups in total. The van der Waals surface area contributed by atoms with E-state index in [0.29, 0.717) is 0 Å². The van der Waals surface area contributed by atoms with Gasteiger partial charge in [-0.1, -0.05) is 77.2 Å².